The molecule has 0 saturated heterocycles. The Balaban J connectivity index is 1.76. The van der Waals surface area contributed by atoms with Crippen LogP contribution >= 0.6 is 0 Å². The molecule has 6 heteroatoms. The maximum Gasteiger partial charge on any atom is 0.226 e. The average molecular weight is 342 g/mol. The van der Waals surface area contributed by atoms with Crippen LogP contribution in [0.25, 0.3) is 11.5 Å². The topological polar surface area (TPSA) is 72.2 Å². The molecule has 0 atom stereocenters. The number of nitrogens with one attached hydrogen (secondary N) is 1. The monoisotopic (exact) mass is 342 g/mol. The molecule has 3 aromatic rings. The number of aromatic nitrogens is 1. The summed E-state index contributed by atoms with van der Waals surface area (Å²) in [7, 11) is -3.29. The van der Waals surface area contributed by atoms with Gasteiger partial charge in [-0.25, -0.2) is 13.4 Å². The van der Waals surface area contributed by atoms with Gasteiger partial charge in [0.2, 0.25) is 5.89 Å². The van der Waals surface area contributed by atoms with Crippen LogP contribution in [0.3, 0.4) is 0 Å². The number of para-hydroxylation sites is 1. The van der Waals surface area contributed by atoms with Crippen molar-refractivity contribution in [3.63, 3.8) is 0 Å². The second-order valence-electron chi connectivity index (χ2n) is 5.63. The van der Waals surface area contributed by atoms with Gasteiger partial charge in [-0.2, -0.15) is 0 Å². The Bertz CT molecular complexity index is 944. The number of sulfone groups is 1. The molecule has 0 aliphatic rings. The van der Waals surface area contributed by atoms with Crippen molar-refractivity contribution in [3.05, 3.63) is 66.1 Å². The summed E-state index contributed by atoms with van der Waals surface area (Å²) in [6, 6.07) is 14.7. The molecule has 0 amide bonds. The first-order valence-electron chi connectivity index (χ1n) is 7.48. The number of hydrogen-bond acceptors (Lipinski definition) is 5. The fourth-order valence-corrected chi connectivity index (χ4v) is 3.20. The van der Waals surface area contributed by atoms with E-state index < -0.39 is 9.84 Å². The number of nitrogens with zero attached hydrogens (tertiary/aromatic N) is 1. The Morgan fingerprint density at radius 3 is 2.50 bits per heavy atom. The summed E-state index contributed by atoms with van der Waals surface area (Å²) in [4.78, 5) is 4.71. The van der Waals surface area contributed by atoms with Gasteiger partial charge in [-0.1, -0.05) is 29.8 Å². The zero-order valence-corrected chi connectivity index (χ0v) is 14.3. The average Bonchev–Trinajstić information content (AvgIpc) is 3.02. The van der Waals surface area contributed by atoms with Crippen molar-refractivity contribution >= 4 is 15.5 Å². The molecule has 0 unspecified atom stereocenters. The lowest BCUT2D eigenvalue weighted by Crippen LogP contribution is -2.06. The molecule has 0 fully saturated rings. The molecular formula is C18H18N2O3S. The molecule has 1 N–H and O–H groups in total. The van der Waals surface area contributed by atoms with Crippen molar-refractivity contribution in [1.82, 2.24) is 4.98 Å². The van der Waals surface area contributed by atoms with E-state index in [0.717, 1.165) is 5.56 Å². The fourth-order valence-electron chi connectivity index (χ4n) is 2.34. The number of rotatable bonds is 5. The Kier molecular flexibility index (Phi) is 4.40. The third kappa shape index (κ3) is 3.65. The first kappa shape index (κ1) is 16.3. The second kappa shape index (κ2) is 6.49. The van der Waals surface area contributed by atoms with E-state index in [4.69, 9.17) is 4.42 Å². The molecular weight excluding hydrogens is 324 g/mol. The van der Waals surface area contributed by atoms with E-state index in [-0.39, 0.29) is 4.90 Å². The lowest BCUT2D eigenvalue weighted by molar-refractivity contribution is 0.573. The normalized spacial score (nSPS) is 11.4. The van der Waals surface area contributed by atoms with Crippen molar-refractivity contribution in [3.8, 4) is 11.5 Å². The Morgan fingerprint density at radius 2 is 1.79 bits per heavy atom. The van der Waals surface area contributed by atoms with E-state index in [2.05, 4.69) is 10.3 Å². The van der Waals surface area contributed by atoms with Gasteiger partial charge in [-0.15, -0.1) is 0 Å². The van der Waals surface area contributed by atoms with E-state index in [1.54, 1.807) is 30.5 Å². The standard InChI is InChI=1S/C18H18N2O3S/c1-13-7-9-14(10-8-13)18-20-15(12-23-18)11-19-16-5-3-4-6-17(16)24(2,21)22/h3-10,12,19H,11H2,1-2H3. The fraction of sp³-hybridized carbons (Fsp3) is 0.167. The van der Waals surface area contributed by atoms with Gasteiger partial charge in [0.1, 0.15) is 6.26 Å². The Hall–Kier alpha value is -2.60. The highest BCUT2D eigenvalue weighted by Gasteiger charge is 2.13. The predicted molar refractivity (Wildman–Crippen MR) is 93.6 cm³/mol. The molecule has 1 aromatic heterocycles. The quantitative estimate of drug-likeness (QED) is 0.766. The number of aryl methyl sites for hydroxylation is 1. The van der Waals surface area contributed by atoms with Crippen LogP contribution in [0.4, 0.5) is 5.69 Å². The maximum atomic E-state index is 11.8. The molecule has 0 aliphatic carbocycles. The van der Waals surface area contributed by atoms with Crippen molar-refractivity contribution in [1.29, 1.82) is 0 Å². The van der Waals surface area contributed by atoms with Crippen LogP contribution in [0.2, 0.25) is 0 Å². The van der Waals surface area contributed by atoms with Crippen molar-refractivity contribution in [2.75, 3.05) is 11.6 Å². The van der Waals surface area contributed by atoms with Crippen molar-refractivity contribution in [2.24, 2.45) is 0 Å². The van der Waals surface area contributed by atoms with Gasteiger partial charge in [-0.3, -0.25) is 0 Å². The van der Waals surface area contributed by atoms with Gasteiger partial charge >= 0.3 is 0 Å². The van der Waals surface area contributed by atoms with Crippen LogP contribution in [0.5, 0.6) is 0 Å². The van der Waals surface area contributed by atoms with E-state index in [1.165, 1.54) is 11.8 Å². The SMILES string of the molecule is Cc1ccc(-c2nc(CNc3ccccc3S(C)(=O)=O)co2)cc1. The van der Waals surface area contributed by atoms with Crippen LogP contribution in [0, 0.1) is 6.92 Å². The molecule has 5 nitrogen and oxygen atoms in total. The summed E-state index contributed by atoms with van der Waals surface area (Å²) < 4.78 is 29.1. The van der Waals surface area contributed by atoms with Gasteiger partial charge in [0.25, 0.3) is 0 Å². The van der Waals surface area contributed by atoms with Gasteiger partial charge < -0.3 is 9.73 Å². The molecule has 24 heavy (non-hydrogen) atoms. The highest BCUT2D eigenvalue weighted by molar-refractivity contribution is 7.90. The number of anilines is 1. The van der Waals surface area contributed by atoms with Crippen LogP contribution in [0.15, 0.2) is 64.1 Å². The molecule has 124 valence electrons. The van der Waals surface area contributed by atoms with E-state index in [0.29, 0.717) is 23.8 Å². The third-order valence-corrected chi connectivity index (χ3v) is 4.75. The zero-order chi connectivity index (χ0) is 17.2. The molecule has 0 spiro atoms. The number of hydrogen-bond donors (Lipinski definition) is 1. The molecule has 3 rings (SSSR count). The van der Waals surface area contributed by atoms with Gasteiger partial charge in [0.05, 0.1) is 22.8 Å². The molecule has 0 bridgehead atoms. The van der Waals surface area contributed by atoms with E-state index in [1.807, 2.05) is 31.2 Å². The van der Waals surface area contributed by atoms with E-state index >= 15 is 0 Å². The molecule has 0 radical (unpaired) electrons. The summed E-state index contributed by atoms with van der Waals surface area (Å²) >= 11 is 0. The minimum absolute atomic E-state index is 0.271. The number of benzene rings is 2. The number of oxazole rings is 1. The largest absolute Gasteiger partial charge is 0.444 e. The maximum absolute atomic E-state index is 11.8. The smallest absolute Gasteiger partial charge is 0.226 e. The lowest BCUT2D eigenvalue weighted by atomic mass is 10.1. The molecule has 0 aliphatic heterocycles. The lowest BCUT2D eigenvalue weighted by Gasteiger charge is -2.09. The highest BCUT2D eigenvalue weighted by Crippen LogP contribution is 2.22. The molecule has 1 heterocycles. The Labute approximate surface area is 141 Å². The van der Waals surface area contributed by atoms with Crippen LogP contribution in [-0.4, -0.2) is 19.7 Å². The summed E-state index contributed by atoms with van der Waals surface area (Å²) in [5.74, 6) is 0.545. The van der Waals surface area contributed by atoms with Crippen LogP contribution in [-0.2, 0) is 16.4 Å². The third-order valence-electron chi connectivity index (χ3n) is 3.60. The predicted octanol–water partition coefficient (Wildman–Crippen LogP) is 3.67. The van der Waals surface area contributed by atoms with Gasteiger partial charge in [0.15, 0.2) is 9.84 Å². The first-order chi connectivity index (χ1) is 11.4. The van der Waals surface area contributed by atoms with Crippen molar-refractivity contribution < 1.29 is 12.8 Å². The first-order valence-corrected chi connectivity index (χ1v) is 9.37. The highest BCUT2D eigenvalue weighted by atomic mass is 32.2. The Morgan fingerprint density at radius 1 is 1.08 bits per heavy atom. The minimum atomic E-state index is -3.29. The molecule has 0 saturated carbocycles. The molecule has 2 aromatic carbocycles. The minimum Gasteiger partial charge on any atom is -0.444 e. The van der Waals surface area contributed by atoms with Crippen LogP contribution in [0.1, 0.15) is 11.3 Å². The summed E-state index contributed by atoms with van der Waals surface area (Å²) in [5, 5.41) is 3.11. The van der Waals surface area contributed by atoms with Gasteiger partial charge in [-0.05, 0) is 31.2 Å². The zero-order valence-electron chi connectivity index (χ0n) is 13.5. The van der Waals surface area contributed by atoms with E-state index in [9.17, 15) is 8.42 Å². The second-order valence-corrected chi connectivity index (χ2v) is 7.62. The summed E-state index contributed by atoms with van der Waals surface area (Å²) in [6.07, 6.45) is 2.77. The van der Waals surface area contributed by atoms with Gasteiger partial charge in [0, 0.05) is 11.8 Å². The summed E-state index contributed by atoms with van der Waals surface area (Å²) in [5.41, 5.74) is 3.33. The van der Waals surface area contributed by atoms with Crippen molar-refractivity contribution in [2.45, 2.75) is 18.4 Å². The summed E-state index contributed by atoms with van der Waals surface area (Å²) in [6.45, 7) is 2.40. The van der Waals surface area contributed by atoms with Crippen LogP contribution < -0.4 is 5.32 Å².